The maximum Gasteiger partial charge on any atom is 0.339 e. The van der Waals surface area contributed by atoms with Crippen molar-refractivity contribution in [1.29, 1.82) is 0 Å². The molecule has 0 saturated carbocycles. The van der Waals surface area contributed by atoms with Gasteiger partial charge >= 0.3 is 5.97 Å². The minimum absolute atomic E-state index is 0.288. The summed E-state index contributed by atoms with van der Waals surface area (Å²) in [6, 6.07) is 14.7. The highest BCUT2D eigenvalue weighted by atomic mass is 35.5. The first-order chi connectivity index (χ1) is 14.2. The van der Waals surface area contributed by atoms with Crippen molar-refractivity contribution in [3.8, 4) is 11.5 Å². The Morgan fingerprint density at radius 2 is 2.00 bits per heavy atom. The van der Waals surface area contributed by atoms with E-state index in [1.807, 2.05) is 30.3 Å². The van der Waals surface area contributed by atoms with Gasteiger partial charge in [-0.2, -0.15) is 0 Å². The maximum atomic E-state index is 12.3. The second-order valence-corrected chi connectivity index (χ2v) is 7.25. The molecule has 6 nitrogen and oxygen atoms in total. The topological polar surface area (TPSA) is 73.3 Å². The van der Waals surface area contributed by atoms with Gasteiger partial charge in [-0.15, -0.1) is 11.3 Å². The molecule has 29 heavy (non-hydrogen) atoms. The van der Waals surface area contributed by atoms with Gasteiger partial charge in [0.25, 0.3) is 0 Å². The molecule has 2 heterocycles. The molecule has 0 saturated heterocycles. The van der Waals surface area contributed by atoms with Gasteiger partial charge in [0.15, 0.2) is 5.75 Å². The third-order valence-corrected chi connectivity index (χ3v) is 5.15. The molecule has 0 aliphatic heterocycles. The van der Waals surface area contributed by atoms with E-state index >= 15 is 0 Å². The second-order valence-electron chi connectivity index (χ2n) is 5.95. The summed E-state index contributed by atoms with van der Waals surface area (Å²) in [5.74, 6) is 1.32. The summed E-state index contributed by atoms with van der Waals surface area (Å²) in [4.78, 5) is 21.6. The molecule has 0 radical (unpaired) electrons. The van der Waals surface area contributed by atoms with Gasteiger partial charge < -0.3 is 14.8 Å². The van der Waals surface area contributed by atoms with E-state index < -0.39 is 5.97 Å². The maximum absolute atomic E-state index is 12.3. The molecule has 1 N–H and O–H groups in total. The van der Waals surface area contributed by atoms with Crippen molar-refractivity contribution in [3.63, 3.8) is 0 Å². The van der Waals surface area contributed by atoms with Crippen molar-refractivity contribution < 1.29 is 14.3 Å². The number of nitrogens with zero attached hydrogens (tertiary/aromatic N) is 2. The van der Waals surface area contributed by atoms with Crippen LogP contribution in [0.4, 0.5) is 11.5 Å². The zero-order valence-electron chi connectivity index (χ0n) is 15.4. The quantitative estimate of drug-likeness (QED) is 0.378. The van der Waals surface area contributed by atoms with E-state index in [1.54, 1.807) is 30.5 Å². The number of ether oxygens (including phenoxy) is 2. The molecule has 4 rings (SSSR count). The average Bonchev–Trinajstić information content (AvgIpc) is 3.16. The van der Waals surface area contributed by atoms with Crippen molar-refractivity contribution in [1.82, 2.24) is 9.97 Å². The molecule has 8 heteroatoms. The number of carbonyl (C=O) groups is 1. The molecule has 2 aromatic carbocycles. The van der Waals surface area contributed by atoms with Gasteiger partial charge in [-0.1, -0.05) is 29.8 Å². The van der Waals surface area contributed by atoms with Crippen molar-refractivity contribution in [2.75, 3.05) is 11.9 Å². The summed E-state index contributed by atoms with van der Waals surface area (Å²) < 4.78 is 11.2. The number of hydrogen-bond acceptors (Lipinski definition) is 7. The Kier molecular flexibility index (Phi) is 5.59. The second kappa shape index (κ2) is 8.46. The summed E-state index contributed by atoms with van der Waals surface area (Å²) in [7, 11) is 0. The van der Waals surface area contributed by atoms with Crippen molar-refractivity contribution in [3.05, 3.63) is 70.8 Å². The molecule has 2 aromatic heterocycles. The summed E-state index contributed by atoms with van der Waals surface area (Å²) in [6.45, 7) is 2.05. The van der Waals surface area contributed by atoms with Crippen LogP contribution in [0.3, 0.4) is 0 Å². The van der Waals surface area contributed by atoms with Crippen LogP contribution in [0.1, 0.15) is 17.3 Å². The van der Waals surface area contributed by atoms with Crippen LogP contribution in [-0.2, 0) is 4.74 Å². The summed E-state index contributed by atoms with van der Waals surface area (Å²) >= 11 is 7.56. The van der Waals surface area contributed by atoms with E-state index in [-0.39, 0.29) is 6.61 Å². The van der Waals surface area contributed by atoms with Crippen LogP contribution in [0.5, 0.6) is 11.5 Å². The zero-order chi connectivity index (χ0) is 20.2. The Hall–Kier alpha value is -3.16. The molecule has 146 valence electrons. The minimum atomic E-state index is -0.413. The standard InChI is InChI=1S/C21H16ClN3O3S/c1-2-27-21(26)15-11-29-20-18(15)19(23-12-24-20)25-16-10-13(22)8-9-17(16)28-14-6-4-3-5-7-14/h3-12H,2H2,1H3,(H,23,24,25). The molecule has 0 spiro atoms. The third kappa shape index (κ3) is 4.16. The SMILES string of the molecule is CCOC(=O)c1csc2ncnc(Nc3cc(Cl)ccc3Oc3ccccc3)c12. The third-order valence-electron chi connectivity index (χ3n) is 4.03. The number of nitrogens with one attached hydrogen (secondary N) is 1. The number of benzene rings is 2. The lowest BCUT2D eigenvalue weighted by Crippen LogP contribution is -2.05. The zero-order valence-corrected chi connectivity index (χ0v) is 17.0. The van der Waals surface area contributed by atoms with Crippen molar-refractivity contribution in [2.24, 2.45) is 0 Å². The average molecular weight is 426 g/mol. The van der Waals surface area contributed by atoms with E-state index in [4.69, 9.17) is 21.1 Å². The number of anilines is 2. The Bertz CT molecular complexity index is 1160. The lowest BCUT2D eigenvalue weighted by atomic mass is 10.2. The fourth-order valence-electron chi connectivity index (χ4n) is 2.76. The minimum Gasteiger partial charge on any atom is -0.462 e. The number of carbonyl (C=O) groups excluding carboxylic acids is 1. The van der Waals surface area contributed by atoms with E-state index in [0.29, 0.717) is 43.8 Å². The Labute approximate surface area is 176 Å². The lowest BCUT2D eigenvalue weighted by Gasteiger charge is -2.14. The first-order valence-corrected chi connectivity index (χ1v) is 10.1. The van der Waals surface area contributed by atoms with Crippen LogP contribution in [0.15, 0.2) is 60.2 Å². The van der Waals surface area contributed by atoms with Crippen LogP contribution in [0.2, 0.25) is 5.02 Å². The Morgan fingerprint density at radius 1 is 1.17 bits per heavy atom. The fourth-order valence-corrected chi connectivity index (χ4v) is 3.81. The van der Waals surface area contributed by atoms with E-state index in [1.165, 1.54) is 17.7 Å². The van der Waals surface area contributed by atoms with E-state index in [9.17, 15) is 4.79 Å². The van der Waals surface area contributed by atoms with Gasteiger partial charge in [-0.25, -0.2) is 14.8 Å². The highest BCUT2D eigenvalue weighted by Crippen LogP contribution is 2.37. The summed E-state index contributed by atoms with van der Waals surface area (Å²) in [5, 5.41) is 6.10. The Morgan fingerprint density at radius 3 is 2.79 bits per heavy atom. The number of aromatic nitrogens is 2. The van der Waals surface area contributed by atoms with E-state index in [2.05, 4.69) is 15.3 Å². The highest BCUT2D eigenvalue weighted by molar-refractivity contribution is 7.17. The largest absolute Gasteiger partial charge is 0.462 e. The molecule has 0 fully saturated rings. The predicted octanol–water partition coefficient (Wildman–Crippen LogP) is 6.06. The molecule has 0 unspecified atom stereocenters. The van der Waals surface area contributed by atoms with E-state index in [0.717, 1.165) is 0 Å². The van der Waals surface area contributed by atoms with Crippen LogP contribution >= 0.6 is 22.9 Å². The molecular weight excluding hydrogens is 410 g/mol. The lowest BCUT2D eigenvalue weighted by molar-refractivity contribution is 0.0529. The molecule has 0 atom stereocenters. The van der Waals surface area contributed by atoms with Crippen molar-refractivity contribution in [2.45, 2.75) is 6.92 Å². The highest BCUT2D eigenvalue weighted by Gasteiger charge is 2.19. The number of esters is 1. The molecule has 0 aliphatic rings. The molecule has 0 amide bonds. The molecule has 4 aromatic rings. The number of fused-ring (bicyclic) bond motifs is 1. The fraction of sp³-hybridized carbons (Fsp3) is 0.0952. The first kappa shape index (κ1) is 19.2. The van der Waals surface area contributed by atoms with Gasteiger partial charge in [0.1, 0.15) is 22.7 Å². The monoisotopic (exact) mass is 425 g/mol. The van der Waals surface area contributed by atoms with Crippen LogP contribution in [0, 0.1) is 0 Å². The molecule has 0 aliphatic carbocycles. The smallest absolute Gasteiger partial charge is 0.339 e. The number of para-hydroxylation sites is 1. The number of hydrogen-bond donors (Lipinski definition) is 1. The Balaban J connectivity index is 1.74. The number of rotatable bonds is 6. The predicted molar refractivity (Wildman–Crippen MR) is 115 cm³/mol. The van der Waals surface area contributed by atoms with Gasteiger partial charge in [-0.05, 0) is 37.3 Å². The van der Waals surface area contributed by atoms with Gasteiger partial charge in [-0.3, -0.25) is 0 Å². The number of halogens is 1. The summed E-state index contributed by atoms with van der Waals surface area (Å²) in [5.41, 5.74) is 1.03. The van der Waals surface area contributed by atoms with Crippen LogP contribution in [-0.4, -0.2) is 22.5 Å². The molecule has 0 bridgehead atoms. The van der Waals surface area contributed by atoms with Crippen molar-refractivity contribution >= 4 is 50.6 Å². The molecular formula is C21H16ClN3O3S. The van der Waals surface area contributed by atoms with Gasteiger partial charge in [0.05, 0.1) is 23.2 Å². The normalized spacial score (nSPS) is 10.7. The van der Waals surface area contributed by atoms with Gasteiger partial charge in [0.2, 0.25) is 0 Å². The summed E-state index contributed by atoms with van der Waals surface area (Å²) in [6.07, 6.45) is 1.44. The van der Waals surface area contributed by atoms with Gasteiger partial charge in [0, 0.05) is 10.4 Å². The number of thiophene rings is 1. The van der Waals surface area contributed by atoms with Crippen LogP contribution < -0.4 is 10.1 Å². The first-order valence-electron chi connectivity index (χ1n) is 8.84. The van der Waals surface area contributed by atoms with Crippen LogP contribution in [0.25, 0.3) is 10.2 Å².